The lowest BCUT2D eigenvalue weighted by molar-refractivity contribution is -0.131. The summed E-state index contributed by atoms with van der Waals surface area (Å²) in [6.45, 7) is 3.62. The minimum atomic E-state index is 0.170. The fourth-order valence-electron chi connectivity index (χ4n) is 4.08. The number of carbonyl (C=O) groups excluding carboxylic acids is 1. The van der Waals surface area contributed by atoms with Crippen LogP contribution in [-0.2, 0) is 17.6 Å². The molecular formula is C24H28N4O2. The van der Waals surface area contributed by atoms with E-state index < -0.39 is 0 Å². The van der Waals surface area contributed by atoms with Gasteiger partial charge in [0, 0.05) is 43.5 Å². The summed E-state index contributed by atoms with van der Waals surface area (Å²) in [5.74, 6) is 3.12. The molecule has 3 aromatic rings. The zero-order valence-electron chi connectivity index (χ0n) is 17.6. The summed E-state index contributed by atoms with van der Waals surface area (Å²) in [4.78, 5) is 24.2. The van der Waals surface area contributed by atoms with Crippen molar-refractivity contribution in [3.8, 4) is 11.6 Å². The number of rotatable bonds is 6. The average molecular weight is 405 g/mol. The fraction of sp³-hybridized carbons (Fsp3) is 0.375. The van der Waals surface area contributed by atoms with Gasteiger partial charge < -0.3 is 9.64 Å². The Morgan fingerprint density at radius 1 is 1.20 bits per heavy atom. The fourth-order valence-corrected chi connectivity index (χ4v) is 4.08. The van der Waals surface area contributed by atoms with Crippen molar-refractivity contribution in [3.05, 3.63) is 71.9 Å². The molecule has 0 radical (unpaired) electrons. The molecule has 0 bridgehead atoms. The molecule has 30 heavy (non-hydrogen) atoms. The maximum atomic E-state index is 12.9. The second-order valence-electron chi connectivity index (χ2n) is 7.69. The van der Waals surface area contributed by atoms with Gasteiger partial charge >= 0.3 is 0 Å². The Hall–Kier alpha value is -3.15. The first-order chi connectivity index (χ1) is 14.7. The quantitative estimate of drug-likeness (QED) is 0.627. The molecule has 1 aromatic carbocycles. The van der Waals surface area contributed by atoms with E-state index >= 15 is 0 Å². The Bertz CT molecular complexity index is 996. The van der Waals surface area contributed by atoms with Gasteiger partial charge in [0.2, 0.25) is 5.91 Å². The van der Waals surface area contributed by atoms with Crippen LogP contribution in [0.1, 0.15) is 42.8 Å². The number of benzene rings is 1. The second kappa shape index (κ2) is 9.11. The smallest absolute Gasteiger partial charge is 0.227 e. The molecular weight excluding hydrogens is 376 g/mol. The van der Waals surface area contributed by atoms with Gasteiger partial charge in [-0.05, 0) is 42.7 Å². The minimum Gasteiger partial charge on any atom is -0.497 e. The molecule has 1 aliphatic rings. The SMILES string of the molecule is CCc1nccn1-c1cccc([C@@H]2CCCN(C(=O)Cc3ccc(OC)cc3)C2)n1. The van der Waals surface area contributed by atoms with Crippen LogP contribution >= 0.6 is 0 Å². The third-order valence-electron chi connectivity index (χ3n) is 5.74. The molecule has 1 saturated heterocycles. The van der Waals surface area contributed by atoms with Gasteiger partial charge in [0.15, 0.2) is 0 Å². The Balaban J connectivity index is 1.46. The van der Waals surface area contributed by atoms with Crippen molar-refractivity contribution < 1.29 is 9.53 Å². The highest BCUT2D eigenvalue weighted by Gasteiger charge is 2.26. The number of amides is 1. The largest absolute Gasteiger partial charge is 0.497 e. The first kappa shape index (κ1) is 20.1. The molecule has 1 amide bonds. The third kappa shape index (κ3) is 4.37. The molecule has 0 N–H and O–H groups in total. The number of hydrogen-bond acceptors (Lipinski definition) is 4. The van der Waals surface area contributed by atoms with Crippen molar-refractivity contribution in [1.29, 1.82) is 0 Å². The van der Waals surface area contributed by atoms with E-state index in [2.05, 4.69) is 24.0 Å². The summed E-state index contributed by atoms with van der Waals surface area (Å²) in [6, 6.07) is 13.9. The Morgan fingerprint density at radius 2 is 2.03 bits per heavy atom. The molecule has 4 rings (SSSR count). The summed E-state index contributed by atoms with van der Waals surface area (Å²) >= 11 is 0. The summed E-state index contributed by atoms with van der Waals surface area (Å²) in [5, 5.41) is 0. The lowest BCUT2D eigenvalue weighted by atomic mass is 9.93. The van der Waals surface area contributed by atoms with E-state index in [0.29, 0.717) is 6.42 Å². The van der Waals surface area contributed by atoms with Crippen molar-refractivity contribution in [3.63, 3.8) is 0 Å². The topological polar surface area (TPSA) is 60.2 Å². The lowest BCUT2D eigenvalue weighted by Gasteiger charge is -2.32. The summed E-state index contributed by atoms with van der Waals surface area (Å²) < 4.78 is 7.24. The van der Waals surface area contributed by atoms with E-state index in [-0.39, 0.29) is 11.8 Å². The predicted octanol–water partition coefficient (Wildman–Crippen LogP) is 3.79. The number of nitrogens with zero attached hydrogens (tertiary/aromatic N) is 4. The Kier molecular flexibility index (Phi) is 6.12. The van der Waals surface area contributed by atoms with Gasteiger partial charge in [-0.15, -0.1) is 0 Å². The van der Waals surface area contributed by atoms with E-state index in [4.69, 9.17) is 9.72 Å². The maximum absolute atomic E-state index is 12.9. The number of aromatic nitrogens is 3. The van der Waals surface area contributed by atoms with Crippen LogP contribution in [0.5, 0.6) is 5.75 Å². The number of methoxy groups -OCH3 is 1. The van der Waals surface area contributed by atoms with Gasteiger partial charge in [-0.3, -0.25) is 9.36 Å². The first-order valence-electron chi connectivity index (χ1n) is 10.6. The van der Waals surface area contributed by atoms with E-state index in [1.54, 1.807) is 7.11 Å². The number of aryl methyl sites for hydroxylation is 1. The molecule has 6 nitrogen and oxygen atoms in total. The van der Waals surface area contributed by atoms with Crippen LogP contribution in [0.25, 0.3) is 5.82 Å². The number of hydrogen-bond donors (Lipinski definition) is 0. The first-order valence-corrected chi connectivity index (χ1v) is 10.6. The van der Waals surface area contributed by atoms with E-state index in [1.807, 2.05) is 52.2 Å². The third-order valence-corrected chi connectivity index (χ3v) is 5.74. The van der Waals surface area contributed by atoms with Crippen molar-refractivity contribution in [2.45, 2.75) is 38.5 Å². The number of piperidine rings is 1. The van der Waals surface area contributed by atoms with Gasteiger partial charge in [0.1, 0.15) is 17.4 Å². The molecule has 2 aromatic heterocycles. The van der Waals surface area contributed by atoms with Gasteiger partial charge in [-0.25, -0.2) is 9.97 Å². The van der Waals surface area contributed by atoms with Crippen molar-refractivity contribution in [1.82, 2.24) is 19.4 Å². The predicted molar refractivity (Wildman–Crippen MR) is 116 cm³/mol. The van der Waals surface area contributed by atoms with Crippen molar-refractivity contribution >= 4 is 5.91 Å². The van der Waals surface area contributed by atoms with Crippen LogP contribution in [0.3, 0.4) is 0 Å². The summed E-state index contributed by atoms with van der Waals surface area (Å²) in [6.07, 6.45) is 7.09. The molecule has 1 atom stereocenters. The van der Waals surface area contributed by atoms with Crippen LogP contribution in [0, 0.1) is 0 Å². The monoisotopic (exact) mass is 404 g/mol. The van der Waals surface area contributed by atoms with Crippen molar-refractivity contribution in [2.24, 2.45) is 0 Å². The zero-order valence-corrected chi connectivity index (χ0v) is 17.6. The number of pyridine rings is 1. The summed E-state index contributed by atoms with van der Waals surface area (Å²) in [7, 11) is 1.65. The molecule has 0 unspecified atom stereocenters. The molecule has 1 fully saturated rings. The van der Waals surface area contributed by atoms with E-state index in [0.717, 1.165) is 61.0 Å². The van der Waals surface area contributed by atoms with Gasteiger partial charge in [0.05, 0.1) is 13.5 Å². The highest BCUT2D eigenvalue weighted by atomic mass is 16.5. The van der Waals surface area contributed by atoms with E-state index in [1.165, 1.54) is 0 Å². The second-order valence-corrected chi connectivity index (χ2v) is 7.69. The van der Waals surface area contributed by atoms with Crippen molar-refractivity contribution in [2.75, 3.05) is 20.2 Å². The van der Waals surface area contributed by atoms with Crippen LogP contribution in [0.2, 0.25) is 0 Å². The molecule has 3 heterocycles. The lowest BCUT2D eigenvalue weighted by Crippen LogP contribution is -2.40. The minimum absolute atomic E-state index is 0.170. The van der Waals surface area contributed by atoms with Gasteiger partial charge in [-0.2, -0.15) is 0 Å². The molecule has 6 heteroatoms. The number of ether oxygens (including phenoxy) is 1. The van der Waals surface area contributed by atoms with Crippen LogP contribution in [0.15, 0.2) is 54.9 Å². The molecule has 1 aliphatic heterocycles. The maximum Gasteiger partial charge on any atom is 0.227 e. The zero-order chi connectivity index (χ0) is 20.9. The standard InChI is InChI=1S/C24H28N4O2/c1-3-22-25-13-15-28(22)23-8-4-7-21(26-23)19-6-5-14-27(17-19)24(29)16-18-9-11-20(30-2)12-10-18/h4,7-13,15,19H,3,5-6,14,16-17H2,1-2H3/t19-/m1/s1. The molecule has 0 saturated carbocycles. The average Bonchev–Trinajstić information content (AvgIpc) is 3.29. The highest BCUT2D eigenvalue weighted by Crippen LogP contribution is 2.27. The van der Waals surface area contributed by atoms with E-state index in [9.17, 15) is 4.79 Å². The number of likely N-dealkylation sites (tertiary alicyclic amines) is 1. The Morgan fingerprint density at radius 3 is 2.80 bits per heavy atom. The Labute approximate surface area is 177 Å². The van der Waals surface area contributed by atoms with Crippen LogP contribution in [-0.4, -0.2) is 45.5 Å². The van der Waals surface area contributed by atoms with Crippen LogP contribution < -0.4 is 4.74 Å². The number of carbonyl (C=O) groups is 1. The summed E-state index contributed by atoms with van der Waals surface area (Å²) in [5.41, 5.74) is 2.06. The normalized spacial score (nSPS) is 16.5. The highest BCUT2D eigenvalue weighted by molar-refractivity contribution is 5.79. The van der Waals surface area contributed by atoms with Gasteiger partial charge in [-0.1, -0.05) is 25.1 Å². The molecule has 0 spiro atoms. The molecule has 0 aliphatic carbocycles. The van der Waals surface area contributed by atoms with Gasteiger partial charge in [0.25, 0.3) is 0 Å². The molecule has 156 valence electrons. The van der Waals surface area contributed by atoms with Crippen LogP contribution in [0.4, 0.5) is 0 Å². The number of imidazole rings is 1.